The number of anilines is 1. The Kier molecular flexibility index (Phi) is 6.45. The lowest BCUT2D eigenvalue weighted by Gasteiger charge is -2.33. The zero-order valence-corrected chi connectivity index (χ0v) is 15.2. The molecule has 0 radical (unpaired) electrons. The van der Waals surface area contributed by atoms with Gasteiger partial charge >= 0.3 is 0 Å². The molecule has 3 rings (SSSR count). The van der Waals surface area contributed by atoms with Crippen molar-refractivity contribution in [3.05, 3.63) is 29.0 Å². The number of nitrogens with one attached hydrogen (secondary N) is 2. The second kappa shape index (κ2) is 8.79. The average Bonchev–Trinajstić information content (AvgIpc) is 2.65. The summed E-state index contributed by atoms with van der Waals surface area (Å²) < 4.78 is 18.6. The van der Waals surface area contributed by atoms with Crippen molar-refractivity contribution in [2.45, 2.75) is 25.3 Å². The predicted octanol–water partition coefficient (Wildman–Crippen LogP) is 2.03. The first-order valence-corrected chi connectivity index (χ1v) is 9.25. The summed E-state index contributed by atoms with van der Waals surface area (Å²) in [6.07, 6.45) is 1.65. The van der Waals surface area contributed by atoms with Gasteiger partial charge in [-0.05, 0) is 31.0 Å². The van der Waals surface area contributed by atoms with E-state index in [2.05, 4.69) is 10.6 Å². The molecular weight excluding hydrogens is 361 g/mol. The zero-order chi connectivity index (χ0) is 18.5. The van der Waals surface area contributed by atoms with Gasteiger partial charge in [0, 0.05) is 43.7 Å². The average molecular weight is 384 g/mol. The number of halogens is 2. The molecule has 2 aliphatic rings. The fourth-order valence-electron chi connectivity index (χ4n) is 3.30. The number of carbonyl (C=O) groups excluding carboxylic acids is 2. The van der Waals surface area contributed by atoms with Gasteiger partial charge in [0.15, 0.2) is 0 Å². The smallest absolute Gasteiger partial charge is 0.227 e. The molecule has 1 aromatic rings. The molecule has 8 heteroatoms. The predicted molar refractivity (Wildman–Crippen MR) is 96.6 cm³/mol. The molecule has 26 heavy (non-hydrogen) atoms. The Morgan fingerprint density at radius 1 is 1.35 bits per heavy atom. The second-order valence-corrected chi connectivity index (χ2v) is 7.11. The van der Waals surface area contributed by atoms with Crippen molar-refractivity contribution in [1.29, 1.82) is 0 Å². The van der Waals surface area contributed by atoms with Crippen molar-refractivity contribution in [3.8, 4) is 0 Å². The number of hydrogen-bond acceptors (Lipinski definition) is 4. The third-order valence-corrected chi connectivity index (χ3v) is 5.11. The second-order valence-electron chi connectivity index (χ2n) is 6.70. The fraction of sp³-hybridized carbons (Fsp3) is 0.556. The Morgan fingerprint density at radius 3 is 2.77 bits per heavy atom. The monoisotopic (exact) mass is 383 g/mol. The van der Waals surface area contributed by atoms with Crippen molar-refractivity contribution < 1.29 is 18.7 Å². The molecule has 0 aliphatic carbocycles. The van der Waals surface area contributed by atoms with E-state index in [0.29, 0.717) is 51.3 Å². The maximum Gasteiger partial charge on any atom is 0.227 e. The van der Waals surface area contributed by atoms with Crippen LogP contribution in [0.1, 0.15) is 19.3 Å². The van der Waals surface area contributed by atoms with E-state index in [4.69, 9.17) is 16.3 Å². The third-order valence-electron chi connectivity index (χ3n) is 4.83. The summed E-state index contributed by atoms with van der Waals surface area (Å²) in [5.41, 5.74) is 0.475. The highest BCUT2D eigenvalue weighted by molar-refractivity contribution is 6.31. The molecule has 0 spiro atoms. The van der Waals surface area contributed by atoms with Crippen LogP contribution in [0, 0.1) is 11.7 Å². The van der Waals surface area contributed by atoms with Crippen LogP contribution in [0.4, 0.5) is 10.1 Å². The first-order chi connectivity index (χ1) is 12.5. The van der Waals surface area contributed by atoms with Crippen LogP contribution in [0.25, 0.3) is 0 Å². The molecule has 0 bridgehead atoms. The molecule has 6 nitrogen and oxygen atoms in total. The van der Waals surface area contributed by atoms with Crippen LogP contribution in [-0.4, -0.2) is 55.6 Å². The zero-order valence-electron chi connectivity index (χ0n) is 14.5. The number of nitrogens with zero attached hydrogens (tertiary/aromatic N) is 1. The lowest BCUT2D eigenvalue weighted by Crippen LogP contribution is -2.47. The van der Waals surface area contributed by atoms with Crippen LogP contribution in [0.2, 0.25) is 5.02 Å². The van der Waals surface area contributed by atoms with Crippen molar-refractivity contribution in [2.24, 2.45) is 5.92 Å². The van der Waals surface area contributed by atoms with E-state index in [1.165, 1.54) is 18.2 Å². The number of morpholine rings is 1. The normalized spacial score (nSPS) is 21.5. The van der Waals surface area contributed by atoms with Gasteiger partial charge in [-0.25, -0.2) is 4.39 Å². The number of carbonyl (C=O) groups is 2. The summed E-state index contributed by atoms with van der Waals surface area (Å²) in [6.45, 7) is 3.15. The molecular formula is C18H23ClFN3O3. The van der Waals surface area contributed by atoms with Gasteiger partial charge in [-0.15, -0.1) is 0 Å². The van der Waals surface area contributed by atoms with E-state index < -0.39 is 5.82 Å². The summed E-state index contributed by atoms with van der Waals surface area (Å²) in [5.74, 6) is -0.715. The molecule has 1 unspecified atom stereocenters. The van der Waals surface area contributed by atoms with Gasteiger partial charge in [0.05, 0.1) is 18.2 Å². The maximum atomic E-state index is 13.2. The van der Waals surface area contributed by atoms with Crippen LogP contribution >= 0.6 is 11.6 Å². The Balaban J connectivity index is 1.45. The summed E-state index contributed by atoms with van der Waals surface area (Å²) >= 11 is 5.73. The summed E-state index contributed by atoms with van der Waals surface area (Å²) in [5, 5.41) is 6.02. The minimum atomic E-state index is -0.519. The van der Waals surface area contributed by atoms with Gasteiger partial charge < -0.3 is 20.3 Å². The van der Waals surface area contributed by atoms with Crippen LogP contribution < -0.4 is 10.6 Å². The van der Waals surface area contributed by atoms with E-state index in [1.54, 1.807) is 0 Å². The molecule has 0 saturated carbocycles. The molecule has 1 atom stereocenters. The number of amides is 2. The van der Waals surface area contributed by atoms with Gasteiger partial charge in [-0.1, -0.05) is 11.6 Å². The van der Waals surface area contributed by atoms with Crippen LogP contribution in [0.5, 0.6) is 0 Å². The van der Waals surface area contributed by atoms with Crippen LogP contribution in [0.15, 0.2) is 18.2 Å². The van der Waals surface area contributed by atoms with Crippen LogP contribution in [-0.2, 0) is 14.3 Å². The maximum absolute atomic E-state index is 13.2. The largest absolute Gasteiger partial charge is 0.378 e. The van der Waals surface area contributed by atoms with E-state index in [0.717, 1.165) is 6.54 Å². The highest BCUT2D eigenvalue weighted by Crippen LogP contribution is 2.23. The Hall–Kier alpha value is -1.70. The van der Waals surface area contributed by atoms with Crippen molar-refractivity contribution >= 4 is 29.1 Å². The summed E-state index contributed by atoms with van der Waals surface area (Å²) in [7, 11) is 0. The van der Waals surface area contributed by atoms with Gasteiger partial charge in [0.2, 0.25) is 11.8 Å². The van der Waals surface area contributed by atoms with Crippen molar-refractivity contribution in [3.63, 3.8) is 0 Å². The molecule has 2 amide bonds. The number of piperidine rings is 1. The van der Waals surface area contributed by atoms with Gasteiger partial charge in [-0.3, -0.25) is 9.59 Å². The number of likely N-dealkylation sites (tertiary alicyclic amines) is 1. The van der Waals surface area contributed by atoms with Crippen LogP contribution in [0.3, 0.4) is 0 Å². The molecule has 142 valence electrons. The van der Waals surface area contributed by atoms with Gasteiger partial charge in [-0.2, -0.15) is 0 Å². The quantitative estimate of drug-likeness (QED) is 0.834. The lowest BCUT2D eigenvalue weighted by atomic mass is 9.95. The van der Waals surface area contributed by atoms with E-state index in [-0.39, 0.29) is 28.8 Å². The molecule has 2 fully saturated rings. The molecule has 2 N–H and O–H groups in total. The van der Waals surface area contributed by atoms with E-state index >= 15 is 0 Å². The van der Waals surface area contributed by atoms with Crippen molar-refractivity contribution in [1.82, 2.24) is 10.2 Å². The SMILES string of the molecule is O=C(Nc1ccc(F)c(Cl)c1)C1CCN(C(=O)CC2COCCN2)CC1. The molecule has 2 heterocycles. The first-order valence-electron chi connectivity index (χ1n) is 8.88. The summed E-state index contributed by atoms with van der Waals surface area (Å²) in [4.78, 5) is 26.6. The number of benzene rings is 1. The molecule has 1 aromatic carbocycles. The Bertz CT molecular complexity index is 659. The first kappa shape index (κ1) is 19.1. The summed E-state index contributed by atoms with van der Waals surface area (Å²) in [6, 6.07) is 4.17. The standard InChI is InChI=1S/C18H23ClFN3O3/c19-15-9-13(1-2-16(15)20)22-18(25)12-3-6-23(7-4-12)17(24)10-14-11-26-8-5-21-14/h1-2,9,12,14,21H,3-8,10-11H2,(H,22,25). The highest BCUT2D eigenvalue weighted by Gasteiger charge is 2.28. The number of rotatable bonds is 4. The minimum Gasteiger partial charge on any atom is -0.378 e. The topological polar surface area (TPSA) is 70.7 Å². The highest BCUT2D eigenvalue weighted by atomic mass is 35.5. The van der Waals surface area contributed by atoms with Gasteiger partial charge in [0.1, 0.15) is 5.82 Å². The van der Waals surface area contributed by atoms with Crippen molar-refractivity contribution in [2.75, 3.05) is 38.2 Å². The molecule has 0 aromatic heterocycles. The third kappa shape index (κ3) is 4.93. The fourth-order valence-corrected chi connectivity index (χ4v) is 3.48. The Labute approximate surface area is 157 Å². The Morgan fingerprint density at radius 2 is 2.12 bits per heavy atom. The minimum absolute atomic E-state index is 0.0245. The number of ether oxygens (including phenoxy) is 1. The molecule has 2 aliphatic heterocycles. The van der Waals surface area contributed by atoms with E-state index in [9.17, 15) is 14.0 Å². The van der Waals surface area contributed by atoms with E-state index in [1.807, 2.05) is 4.90 Å². The lowest BCUT2D eigenvalue weighted by molar-refractivity contribution is -0.135. The number of hydrogen-bond donors (Lipinski definition) is 2. The molecule has 2 saturated heterocycles. The van der Waals surface area contributed by atoms with Gasteiger partial charge in [0.25, 0.3) is 0 Å².